The fourth-order valence-corrected chi connectivity index (χ4v) is 4.38. The van der Waals surface area contributed by atoms with Crippen molar-refractivity contribution in [1.29, 1.82) is 0 Å². The van der Waals surface area contributed by atoms with Crippen LogP contribution in [-0.2, 0) is 14.3 Å². The van der Waals surface area contributed by atoms with Crippen LogP contribution in [0.3, 0.4) is 0 Å². The Labute approximate surface area is 142 Å². The second kappa shape index (κ2) is 8.02. The van der Waals surface area contributed by atoms with Gasteiger partial charge in [-0.25, -0.2) is 0 Å². The van der Waals surface area contributed by atoms with Gasteiger partial charge in [0.2, 0.25) is 0 Å². The van der Waals surface area contributed by atoms with Gasteiger partial charge >= 0.3 is 5.97 Å². The standard InChI is InChI=1S/C19H24O3S/c1-21-13-22-19(20)12-23-11-14-6-7-17-9-15-4-2-3-5-16(15)10-18(17)8-14/h2-3,5,8,10,15,17H,4,6-7,9,11-13H2,1H3/t15?,17-/m1/s1. The molecular formula is C19H24O3S. The summed E-state index contributed by atoms with van der Waals surface area (Å²) in [5.41, 5.74) is 4.43. The summed E-state index contributed by atoms with van der Waals surface area (Å²) >= 11 is 1.63. The lowest BCUT2D eigenvalue weighted by molar-refractivity contribution is -0.150. The Morgan fingerprint density at radius 2 is 2.22 bits per heavy atom. The van der Waals surface area contributed by atoms with Gasteiger partial charge in [-0.15, -0.1) is 11.8 Å². The Kier molecular flexibility index (Phi) is 5.79. The summed E-state index contributed by atoms with van der Waals surface area (Å²) in [6.45, 7) is 0.0430. The summed E-state index contributed by atoms with van der Waals surface area (Å²) in [5, 5.41) is 0. The minimum Gasteiger partial charge on any atom is -0.438 e. The molecule has 4 heteroatoms. The average Bonchev–Trinajstić information content (AvgIpc) is 2.58. The molecule has 2 atom stereocenters. The summed E-state index contributed by atoms with van der Waals surface area (Å²) in [7, 11) is 1.52. The largest absolute Gasteiger partial charge is 0.438 e. The fourth-order valence-electron chi connectivity index (χ4n) is 3.54. The molecular weight excluding hydrogens is 308 g/mol. The van der Waals surface area contributed by atoms with Crippen molar-refractivity contribution >= 4 is 17.7 Å². The highest BCUT2D eigenvalue weighted by molar-refractivity contribution is 8.00. The molecule has 0 amide bonds. The zero-order chi connectivity index (χ0) is 16.1. The zero-order valence-corrected chi connectivity index (χ0v) is 14.4. The number of hydrogen-bond acceptors (Lipinski definition) is 4. The number of carbonyl (C=O) groups is 1. The molecule has 0 aromatic heterocycles. The van der Waals surface area contributed by atoms with Gasteiger partial charge in [0.15, 0.2) is 6.79 Å². The third kappa shape index (κ3) is 4.39. The number of ether oxygens (including phenoxy) is 2. The van der Waals surface area contributed by atoms with Crippen molar-refractivity contribution in [3.8, 4) is 0 Å². The lowest BCUT2D eigenvalue weighted by Gasteiger charge is -2.34. The molecule has 3 nitrogen and oxygen atoms in total. The summed E-state index contributed by atoms with van der Waals surface area (Å²) in [6, 6.07) is 0. The third-order valence-corrected chi connectivity index (χ3v) is 5.74. The van der Waals surface area contributed by atoms with Crippen molar-refractivity contribution in [2.45, 2.75) is 25.7 Å². The number of allylic oxidation sites excluding steroid dienone is 7. The number of rotatable bonds is 6. The second-order valence-corrected chi connectivity index (χ2v) is 7.35. The fraction of sp³-hybridized carbons (Fsp3) is 0.526. The lowest BCUT2D eigenvalue weighted by Crippen LogP contribution is -2.21. The molecule has 0 radical (unpaired) electrons. The van der Waals surface area contributed by atoms with Crippen molar-refractivity contribution < 1.29 is 14.3 Å². The molecule has 0 N–H and O–H groups in total. The minimum absolute atomic E-state index is 0.0430. The van der Waals surface area contributed by atoms with Crippen molar-refractivity contribution in [1.82, 2.24) is 0 Å². The molecule has 0 spiro atoms. The Bertz CT molecular complexity index is 571. The molecule has 124 valence electrons. The van der Waals surface area contributed by atoms with Gasteiger partial charge in [0.1, 0.15) is 0 Å². The van der Waals surface area contributed by atoms with Gasteiger partial charge in [0.05, 0.1) is 5.75 Å². The van der Waals surface area contributed by atoms with Crippen LogP contribution in [-0.4, -0.2) is 31.4 Å². The number of thioether (sulfide) groups is 1. The molecule has 23 heavy (non-hydrogen) atoms. The van der Waals surface area contributed by atoms with E-state index >= 15 is 0 Å². The van der Waals surface area contributed by atoms with Crippen LogP contribution in [0.25, 0.3) is 0 Å². The van der Waals surface area contributed by atoms with E-state index in [4.69, 9.17) is 9.47 Å². The quantitative estimate of drug-likeness (QED) is 0.543. The Morgan fingerprint density at radius 1 is 1.30 bits per heavy atom. The first-order valence-electron chi connectivity index (χ1n) is 8.26. The number of methoxy groups -OCH3 is 1. The van der Waals surface area contributed by atoms with E-state index in [1.807, 2.05) is 0 Å². The predicted molar refractivity (Wildman–Crippen MR) is 94.1 cm³/mol. The molecule has 3 rings (SSSR count). The predicted octanol–water partition coefficient (Wildman–Crippen LogP) is 4.04. The van der Waals surface area contributed by atoms with Crippen LogP contribution in [0.4, 0.5) is 0 Å². The van der Waals surface area contributed by atoms with Crippen molar-refractivity contribution in [2.75, 3.05) is 25.4 Å². The summed E-state index contributed by atoms with van der Waals surface area (Å²) in [6.07, 6.45) is 16.4. The van der Waals surface area contributed by atoms with E-state index in [0.717, 1.165) is 24.0 Å². The molecule has 0 heterocycles. The van der Waals surface area contributed by atoms with E-state index in [1.165, 1.54) is 43.1 Å². The molecule has 1 unspecified atom stereocenters. The van der Waals surface area contributed by atoms with Crippen molar-refractivity contribution in [2.24, 2.45) is 11.8 Å². The monoisotopic (exact) mass is 332 g/mol. The maximum Gasteiger partial charge on any atom is 0.318 e. The van der Waals surface area contributed by atoms with Crippen molar-refractivity contribution in [3.63, 3.8) is 0 Å². The Hall–Kier alpha value is -1.26. The van der Waals surface area contributed by atoms with Crippen LogP contribution in [0.5, 0.6) is 0 Å². The van der Waals surface area contributed by atoms with Gasteiger partial charge < -0.3 is 9.47 Å². The first-order valence-corrected chi connectivity index (χ1v) is 9.42. The molecule has 3 aliphatic carbocycles. The van der Waals surface area contributed by atoms with Gasteiger partial charge in [-0.05, 0) is 48.7 Å². The molecule has 0 aliphatic heterocycles. The van der Waals surface area contributed by atoms with E-state index in [-0.39, 0.29) is 12.8 Å². The molecule has 0 saturated heterocycles. The van der Waals surface area contributed by atoms with E-state index in [1.54, 1.807) is 11.8 Å². The molecule has 0 aromatic rings. The summed E-state index contributed by atoms with van der Waals surface area (Å²) in [4.78, 5) is 11.5. The molecule has 0 bridgehead atoms. The molecule has 3 aliphatic rings. The SMILES string of the molecule is COCOC(=O)CSCC1=CC2=CC3=CC=CCC3C[C@H]2CC1. The van der Waals surface area contributed by atoms with E-state index < -0.39 is 0 Å². The number of carbonyl (C=O) groups excluding carboxylic acids is 1. The highest BCUT2D eigenvalue weighted by Crippen LogP contribution is 2.42. The normalized spacial score (nSPS) is 25.7. The molecule has 0 fully saturated rings. The zero-order valence-electron chi connectivity index (χ0n) is 13.6. The van der Waals surface area contributed by atoms with E-state index in [0.29, 0.717) is 5.75 Å². The van der Waals surface area contributed by atoms with Crippen molar-refractivity contribution in [3.05, 3.63) is 47.1 Å². The van der Waals surface area contributed by atoms with Crippen LogP contribution in [0, 0.1) is 11.8 Å². The highest BCUT2D eigenvalue weighted by Gasteiger charge is 2.28. The topological polar surface area (TPSA) is 35.5 Å². The highest BCUT2D eigenvalue weighted by atomic mass is 32.2. The van der Waals surface area contributed by atoms with Crippen LogP contribution >= 0.6 is 11.8 Å². The number of fused-ring (bicyclic) bond motifs is 2. The van der Waals surface area contributed by atoms with E-state index in [9.17, 15) is 4.79 Å². The minimum atomic E-state index is -0.204. The van der Waals surface area contributed by atoms with Gasteiger partial charge in [0.25, 0.3) is 0 Å². The third-order valence-electron chi connectivity index (χ3n) is 4.72. The maximum absolute atomic E-state index is 11.5. The van der Waals surface area contributed by atoms with Gasteiger partial charge in [0, 0.05) is 12.9 Å². The first kappa shape index (κ1) is 16.6. The smallest absolute Gasteiger partial charge is 0.318 e. The second-order valence-electron chi connectivity index (χ2n) is 6.36. The van der Waals surface area contributed by atoms with Crippen LogP contribution in [0.1, 0.15) is 25.7 Å². The van der Waals surface area contributed by atoms with Crippen LogP contribution in [0.15, 0.2) is 47.1 Å². The molecule has 0 saturated carbocycles. The Balaban J connectivity index is 1.55. The first-order chi connectivity index (χ1) is 11.3. The average molecular weight is 332 g/mol. The van der Waals surface area contributed by atoms with Gasteiger partial charge in [-0.3, -0.25) is 4.79 Å². The van der Waals surface area contributed by atoms with E-state index in [2.05, 4.69) is 30.4 Å². The number of hydrogen-bond donors (Lipinski definition) is 0. The van der Waals surface area contributed by atoms with Crippen LogP contribution in [0.2, 0.25) is 0 Å². The lowest BCUT2D eigenvalue weighted by atomic mass is 9.71. The van der Waals surface area contributed by atoms with Gasteiger partial charge in [-0.2, -0.15) is 0 Å². The maximum atomic E-state index is 11.5. The Morgan fingerprint density at radius 3 is 3.09 bits per heavy atom. The van der Waals surface area contributed by atoms with Crippen LogP contribution < -0.4 is 0 Å². The summed E-state index contributed by atoms with van der Waals surface area (Å²) in [5.74, 6) is 2.55. The summed E-state index contributed by atoms with van der Waals surface area (Å²) < 4.78 is 9.63. The molecule has 0 aromatic carbocycles. The van der Waals surface area contributed by atoms with Gasteiger partial charge in [-0.1, -0.05) is 36.0 Å². The number of esters is 1.